The summed E-state index contributed by atoms with van der Waals surface area (Å²) in [6, 6.07) is -0.774. The van der Waals surface area contributed by atoms with Gasteiger partial charge in [0.25, 0.3) is 5.91 Å². The van der Waals surface area contributed by atoms with Gasteiger partial charge in [0.1, 0.15) is 11.2 Å². The summed E-state index contributed by atoms with van der Waals surface area (Å²) in [5, 5.41) is 3.58. The standard InChI is InChI=1S/C16H9F9N6OS/c17-15-27-4-9(5-28-15)12(13(26)32)6-31-7-29-14(30-31)8-1-10(16(18,19)20)3-11(2-8)33(21,22,23,24)25/h1-7H,(H2,26,32)/b12-6+. The number of carbonyl (C=O) groups excluding carboxylic acids is 1. The SMILES string of the molecule is NC(=O)/C(=C/n1cnc(-c2cc(C(F)(F)F)cc(S(F)(F)(F)(F)F)c2)n1)c1cnc(F)nc1. The largest absolute Gasteiger partial charge is 0.416 e. The fourth-order valence-corrected chi connectivity index (χ4v) is 3.15. The Balaban J connectivity index is 2.13. The molecule has 0 atom stereocenters. The van der Waals surface area contributed by atoms with Crippen molar-refractivity contribution in [1.29, 1.82) is 0 Å². The van der Waals surface area contributed by atoms with Gasteiger partial charge >= 0.3 is 22.5 Å². The van der Waals surface area contributed by atoms with Crippen LogP contribution in [-0.4, -0.2) is 30.6 Å². The van der Waals surface area contributed by atoms with Crippen LogP contribution in [0.5, 0.6) is 0 Å². The van der Waals surface area contributed by atoms with E-state index < -0.39 is 56.3 Å². The maximum Gasteiger partial charge on any atom is 0.416 e. The Morgan fingerprint density at radius 2 is 1.61 bits per heavy atom. The summed E-state index contributed by atoms with van der Waals surface area (Å²) in [4.78, 5) is 18.8. The molecule has 17 heteroatoms. The lowest BCUT2D eigenvalue weighted by Gasteiger charge is -2.40. The molecule has 3 aromatic rings. The van der Waals surface area contributed by atoms with Gasteiger partial charge < -0.3 is 5.73 Å². The van der Waals surface area contributed by atoms with E-state index in [0.717, 1.165) is 24.9 Å². The molecule has 0 saturated heterocycles. The molecule has 7 nitrogen and oxygen atoms in total. The molecule has 1 aromatic carbocycles. The molecule has 2 heterocycles. The molecule has 0 aliphatic rings. The second-order valence-corrected chi connectivity index (χ2v) is 8.82. The maximum atomic E-state index is 13.2. The second kappa shape index (κ2) is 6.93. The van der Waals surface area contributed by atoms with Crippen LogP contribution >= 0.6 is 10.2 Å². The average molecular weight is 504 g/mol. The Labute approximate surface area is 177 Å². The molecule has 0 radical (unpaired) electrons. The van der Waals surface area contributed by atoms with Crippen LogP contribution in [0.1, 0.15) is 11.1 Å². The molecule has 0 fully saturated rings. The van der Waals surface area contributed by atoms with Crippen molar-refractivity contribution >= 4 is 27.9 Å². The molecule has 2 aromatic heterocycles. The highest BCUT2D eigenvalue weighted by molar-refractivity contribution is 8.45. The smallest absolute Gasteiger partial charge is 0.366 e. The maximum absolute atomic E-state index is 13.2. The van der Waals surface area contributed by atoms with Crippen molar-refractivity contribution in [2.45, 2.75) is 11.1 Å². The van der Waals surface area contributed by atoms with Crippen LogP contribution in [0.15, 0.2) is 41.8 Å². The van der Waals surface area contributed by atoms with E-state index in [1.54, 1.807) is 0 Å². The highest BCUT2D eigenvalue weighted by Gasteiger charge is 2.66. The van der Waals surface area contributed by atoms with E-state index in [0.29, 0.717) is 4.68 Å². The zero-order valence-electron chi connectivity index (χ0n) is 15.6. The molecule has 1 amide bonds. The van der Waals surface area contributed by atoms with Crippen LogP contribution in [-0.2, 0) is 11.0 Å². The van der Waals surface area contributed by atoms with E-state index in [1.165, 1.54) is 0 Å². The van der Waals surface area contributed by atoms with Crippen LogP contribution in [0.25, 0.3) is 23.2 Å². The van der Waals surface area contributed by atoms with Crippen LogP contribution in [0.3, 0.4) is 0 Å². The van der Waals surface area contributed by atoms with Crippen LogP contribution in [0, 0.1) is 6.08 Å². The molecule has 0 saturated carbocycles. The minimum absolute atomic E-state index is 0.108. The van der Waals surface area contributed by atoms with Crippen LogP contribution in [0.4, 0.5) is 37.0 Å². The summed E-state index contributed by atoms with van der Waals surface area (Å²) >= 11 is 0. The normalized spacial score (nSPS) is 15.1. The van der Waals surface area contributed by atoms with Gasteiger partial charge in [0.15, 0.2) is 5.82 Å². The zero-order valence-corrected chi connectivity index (χ0v) is 16.4. The minimum Gasteiger partial charge on any atom is -0.366 e. The van der Waals surface area contributed by atoms with Gasteiger partial charge in [-0.15, -0.1) is 5.10 Å². The Bertz CT molecular complexity index is 1270. The third kappa shape index (κ3) is 5.60. The van der Waals surface area contributed by atoms with E-state index in [1.807, 2.05) is 0 Å². The molecule has 0 spiro atoms. The molecular weight excluding hydrogens is 495 g/mol. The highest BCUT2D eigenvalue weighted by atomic mass is 32.5. The lowest BCUT2D eigenvalue weighted by atomic mass is 10.1. The molecule has 2 N–H and O–H groups in total. The van der Waals surface area contributed by atoms with Gasteiger partial charge in [-0.3, -0.25) is 4.79 Å². The predicted octanol–water partition coefficient (Wildman–Crippen LogP) is 5.03. The van der Waals surface area contributed by atoms with Gasteiger partial charge in [0.05, 0.1) is 11.1 Å². The number of amides is 1. The molecule has 0 bridgehead atoms. The monoisotopic (exact) mass is 504 g/mol. The summed E-state index contributed by atoms with van der Waals surface area (Å²) in [6.07, 6.45) is -3.20. The van der Waals surface area contributed by atoms with Crippen molar-refractivity contribution in [2.75, 3.05) is 0 Å². The summed E-state index contributed by atoms with van der Waals surface area (Å²) < 4.78 is 119. The number of alkyl halides is 3. The molecule has 3 rings (SSSR count). The second-order valence-electron chi connectivity index (χ2n) is 6.41. The van der Waals surface area contributed by atoms with Crippen molar-refractivity contribution in [2.24, 2.45) is 5.73 Å². The first-order valence-electron chi connectivity index (χ1n) is 8.21. The lowest BCUT2D eigenvalue weighted by molar-refractivity contribution is -0.137. The van der Waals surface area contributed by atoms with Gasteiger partial charge in [0.2, 0.25) is 0 Å². The quantitative estimate of drug-likeness (QED) is 0.299. The van der Waals surface area contributed by atoms with Gasteiger partial charge in [-0.05, 0) is 18.2 Å². The van der Waals surface area contributed by atoms with E-state index in [4.69, 9.17) is 5.73 Å². The van der Waals surface area contributed by atoms with E-state index in [-0.39, 0.29) is 23.3 Å². The number of nitrogens with two attached hydrogens (primary N) is 1. The van der Waals surface area contributed by atoms with Crippen LogP contribution < -0.4 is 5.73 Å². The summed E-state index contributed by atoms with van der Waals surface area (Å²) in [6.45, 7) is 0. The highest BCUT2D eigenvalue weighted by Crippen LogP contribution is 3.02. The third-order valence-corrected chi connectivity index (χ3v) is 5.03. The number of hydrogen-bond donors (Lipinski definition) is 1. The number of primary amides is 1. The average Bonchev–Trinajstić information content (AvgIpc) is 3.13. The third-order valence-electron chi connectivity index (χ3n) is 3.90. The molecule has 0 aliphatic heterocycles. The minimum atomic E-state index is -10.5. The van der Waals surface area contributed by atoms with Crippen molar-refractivity contribution in [1.82, 2.24) is 24.7 Å². The van der Waals surface area contributed by atoms with Crippen molar-refractivity contribution in [3.63, 3.8) is 0 Å². The summed E-state index contributed by atoms with van der Waals surface area (Å²) in [5.41, 5.74) is 1.67. The van der Waals surface area contributed by atoms with Crippen LogP contribution in [0.2, 0.25) is 0 Å². The van der Waals surface area contributed by atoms with Crippen molar-refractivity contribution in [3.05, 3.63) is 54.1 Å². The zero-order chi connectivity index (χ0) is 24.9. The molecular formula is C16H9F9N6OS. The van der Waals surface area contributed by atoms with E-state index in [2.05, 4.69) is 20.1 Å². The number of benzene rings is 1. The van der Waals surface area contributed by atoms with Gasteiger partial charge in [-0.25, -0.2) is 19.6 Å². The molecule has 0 unspecified atom stereocenters. The number of nitrogens with zero attached hydrogens (tertiary/aromatic N) is 5. The Hall–Kier alpha value is -3.63. The Morgan fingerprint density at radius 3 is 2.12 bits per heavy atom. The van der Waals surface area contributed by atoms with Crippen molar-refractivity contribution < 1.29 is 41.8 Å². The fourth-order valence-electron chi connectivity index (χ4n) is 2.45. The fraction of sp³-hybridized carbons (Fsp3) is 0.0625. The number of halogens is 9. The number of hydrogen-bond acceptors (Lipinski definition) is 5. The first-order valence-corrected chi connectivity index (χ1v) is 10.2. The van der Waals surface area contributed by atoms with E-state index >= 15 is 0 Å². The first kappa shape index (κ1) is 24.0. The number of carbonyl (C=O) groups is 1. The topological polar surface area (TPSA) is 99.6 Å². The van der Waals surface area contributed by atoms with Crippen molar-refractivity contribution in [3.8, 4) is 11.4 Å². The lowest BCUT2D eigenvalue weighted by Crippen LogP contribution is -2.14. The summed E-state index contributed by atoms with van der Waals surface area (Å²) in [7, 11) is -10.5. The number of rotatable bonds is 5. The Kier molecular flexibility index (Phi) is 5.05. The van der Waals surface area contributed by atoms with Gasteiger partial charge in [0, 0.05) is 29.7 Å². The number of aromatic nitrogens is 5. The van der Waals surface area contributed by atoms with Gasteiger partial charge in [-0.2, -0.15) is 17.6 Å². The van der Waals surface area contributed by atoms with Gasteiger partial charge in [-0.1, -0.05) is 19.4 Å². The Morgan fingerprint density at radius 1 is 1.00 bits per heavy atom. The predicted molar refractivity (Wildman–Crippen MR) is 97.2 cm³/mol. The summed E-state index contributed by atoms with van der Waals surface area (Å²) in [5.74, 6) is -1.91. The first-order chi connectivity index (χ1) is 14.8. The van der Waals surface area contributed by atoms with E-state index in [9.17, 15) is 41.8 Å². The molecule has 178 valence electrons. The molecule has 33 heavy (non-hydrogen) atoms. The molecule has 0 aliphatic carbocycles.